The second kappa shape index (κ2) is 7.95. The number of nitrogens with two attached hydrogens (primary N) is 1. The van der Waals surface area contributed by atoms with Gasteiger partial charge in [-0.3, -0.25) is 14.9 Å². The van der Waals surface area contributed by atoms with E-state index in [1.807, 2.05) is 0 Å². The quantitative estimate of drug-likeness (QED) is 0.639. The third-order valence-corrected chi connectivity index (χ3v) is 3.85. The van der Waals surface area contributed by atoms with Crippen LogP contribution in [0.15, 0.2) is 24.3 Å². The van der Waals surface area contributed by atoms with Gasteiger partial charge in [-0.25, -0.2) is 0 Å². The monoisotopic (exact) mass is 313 g/mol. The predicted molar refractivity (Wildman–Crippen MR) is 82.4 cm³/mol. The number of carbonyl (C=O) groups is 1. The number of nitro benzene ring substituents is 1. The van der Waals surface area contributed by atoms with Gasteiger partial charge in [0.15, 0.2) is 0 Å². The van der Waals surface area contributed by atoms with Crippen molar-refractivity contribution in [2.45, 2.75) is 31.7 Å². The molecular formula is C14H20ClN3O3. The van der Waals surface area contributed by atoms with Crippen LogP contribution in [-0.2, 0) is 11.2 Å². The van der Waals surface area contributed by atoms with Crippen LogP contribution in [0.4, 0.5) is 5.69 Å². The molecule has 116 valence electrons. The minimum Gasteiger partial charge on any atom is -0.353 e. The van der Waals surface area contributed by atoms with E-state index >= 15 is 0 Å². The maximum absolute atomic E-state index is 12.0. The molecule has 1 fully saturated rings. The summed E-state index contributed by atoms with van der Waals surface area (Å²) in [5, 5.41) is 13.9. The largest absolute Gasteiger partial charge is 0.353 e. The van der Waals surface area contributed by atoms with Crippen LogP contribution in [0.1, 0.15) is 24.8 Å². The third-order valence-electron chi connectivity index (χ3n) is 3.85. The molecule has 0 bridgehead atoms. The Labute approximate surface area is 129 Å². The average Bonchev–Trinajstić information content (AvgIpc) is 2.86. The predicted octanol–water partition coefficient (Wildman–Crippen LogP) is 1.80. The van der Waals surface area contributed by atoms with E-state index in [-0.39, 0.29) is 36.5 Å². The van der Waals surface area contributed by atoms with Crippen LogP contribution in [0.25, 0.3) is 0 Å². The van der Waals surface area contributed by atoms with Crippen LogP contribution in [0.5, 0.6) is 0 Å². The van der Waals surface area contributed by atoms with Crippen molar-refractivity contribution in [1.82, 2.24) is 5.32 Å². The SMILES string of the molecule is Cl.NCC1CCCC1NC(=O)Cc1ccccc1[N+](=O)[O-]. The highest BCUT2D eigenvalue weighted by Crippen LogP contribution is 2.25. The molecule has 6 nitrogen and oxygen atoms in total. The van der Waals surface area contributed by atoms with E-state index < -0.39 is 4.92 Å². The molecule has 2 rings (SSSR count). The summed E-state index contributed by atoms with van der Waals surface area (Å²) >= 11 is 0. The van der Waals surface area contributed by atoms with Crippen molar-refractivity contribution in [1.29, 1.82) is 0 Å². The molecule has 7 heteroatoms. The molecule has 2 atom stereocenters. The summed E-state index contributed by atoms with van der Waals surface area (Å²) in [7, 11) is 0. The first-order valence-electron chi connectivity index (χ1n) is 6.83. The van der Waals surface area contributed by atoms with Crippen LogP contribution < -0.4 is 11.1 Å². The molecule has 0 heterocycles. The van der Waals surface area contributed by atoms with Crippen molar-refractivity contribution < 1.29 is 9.72 Å². The lowest BCUT2D eigenvalue weighted by Gasteiger charge is -2.19. The van der Waals surface area contributed by atoms with Gasteiger partial charge in [0.2, 0.25) is 5.91 Å². The molecule has 1 aliphatic rings. The summed E-state index contributed by atoms with van der Waals surface area (Å²) in [6.45, 7) is 0.566. The van der Waals surface area contributed by atoms with Gasteiger partial charge in [0.05, 0.1) is 11.3 Å². The lowest BCUT2D eigenvalue weighted by molar-refractivity contribution is -0.385. The molecule has 3 N–H and O–H groups in total. The van der Waals surface area contributed by atoms with Crippen molar-refractivity contribution in [3.63, 3.8) is 0 Å². The van der Waals surface area contributed by atoms with Crippen LogP contribution in [-0.4, -0.2) is 23.4 Å². The molecule has 0 aromatic heterocycles. The summed E-state index contributed by atoms with van der Waals surface area (Å²) in [5.74, 6) is 0.148. The van der Waals surface area contributed by atoms with Crippen LogP contribution in [0.2, 0.25) is 0 Å². The van der Waals surface area contributed by atoms with Gasteiger partial charge in [0, 0.05) is 17.7 Å². The number of hydrogen-bond donors (Lipinski definition) is 2. The molecular weight excluding hydrogens is 294 g/mol. The summed E-state index contributed by atoms with van der Waals surface area (Å²) in [4.78, 5) is 22.5. The Bertz CT molecular complexity index is 510. The van der Waals surface area contributed by atoms with Gasteiger partial charge >= 0.3 is 0 Å². The summed E-state index contributed by atoms with van der Waals surface area (Å²) < 4.78 is 0. The second-order valence-corrected chi connectivity index (χ2v) is 5.16. The Morgan fingerprint density at radius 2 is 2.10 bits per heavy atom. The van der Waals surface area contributed by atoms with E-state index in [9.17, 15) is 14.9 Å². The van der Waals surface area contributed by atoms with E-state index in [0.29, 0.717) is 18.0 Å². The van der Waals surface area contributed by atoms with Gasteiger partial charge < -0.3 is 11.1 Å². The smallest absolute Gasteiger partial charge is 0.273 e. The number of hydrogen-bond acceptors (Lipinski definition) is 4. The van der Waals surface area contributed by atoms with E-state index in [0.717, 1.165) is 19.3 Å². The number of amides is 1. The van der Waals surface area contributed by atoms with Crippen LogP contribution in [0, 0.1) is 16.0 Å². The van der Waals surface area contributed by atoms with Gasteiger partial charge in [0.25, 0.3) is 5.69 Å². The zero-order valence-electron chi connectivity index (χ0n) is 11.7. The number of nitrogens with zero attached hydrogens (tertiary/aromatic N) is 1. The van der Waals surface area contributed by atoms with Gasteiger partial charge in [-0.05, 0) is 25.3 Å². The fraction of sp³-hybridized carbons (Fsp3) is 0.500. The first-order valence-corrected chi connectivity index (χ1v) is 6.83. The van der Waals surface area contributed by atoms with Gasteiger partial charge in [-0.15, -0.1) is 12.4 Å². The van der Waals surface area contributed by atoms with Crippen molar-refractivity contribution >= 4 is 24.0 Å². The van der Waals surface area contributed by atoms with Crippen molar-refractivity contribution in [3.05, 3.63) is 39.9 Å². The molecule has 0 radical (unpaired) electrons. The Kier molecular flexibility index (Phi) is 6.58. The Hall–Kier alpha value is -1.66. The molecule has 1 aliphatic carbocycles. The number of halogens is 1. The lowest BCUT2D eigenvalue weighted by Crippen LogP contribution is -2.40. The highest BCUT2D eigenvalue weighted by Gasteiger charge is 2.27. The van der Waals surface area contributed by atoms with E-state index in [1.54, 1.807) is 18.2 Å². The zero-order chi connectivity index (χ0) is 14.5. The fourth-order valence-electron chi connectivity index (χ4n) is 2.78. The molecule has 1 amide bonds. The van der Waals surface area contributed by atoms with Crippen molar-refractivity contribution in [3.8, 4) is 0 Å². The van der Waals surface area contributed by atoms with E-state index in [2.05, 4.69) is 5.32 Å². The van der Waals surface area contributed by atoms with E-state index in [1.165, 1.54) is 6.07 Å². The standard InChI is InChI=1S/C14H19N3O3.ClH/c15-9-11-5-3-6-12(11)16-14(18)8-10-4-1-2-7-13(10)17(19)20;/h1-2,4,7,11-12H,3,5-6,8-9,15H2,(H,16,18);1H. The normalized spacial score (nSPS) is 20.6. The highest BCUT2D eigenvalue weighted by atomic mass is 35.5. The number of benzene rings is 1. The van der Waals surface area contributed by atoms with Crippen LogP contribution >= 0.6 is 12.4 Å². The first-order chi connectivity index (χ1) is 9.61. The minimum absolute atomic E-state index is 0. The van der Waals surface area contributed by atoms with Gasteiger partial charge in [0.1, 0.15) is 0 Å². The molecule has 1 aromatic carbocycles. The third kappa shape index (κ3) is 4.41. The van der Waals surface area contributed by atoms with Crippen LogP contribution in [0.3, 0.4) is 0 Å². The number of rotatable bonds is 5. The maximum Gasteiger partial charge on any atom is 0.273 e. The number of para-hydroxylation sites is 1. The molecule has 1 aromatic rings. The number of carbonyl (C=O) groups excluding carboxylic acids is 1. The lowest BCUT2D eigenvalue weighted by atomic mass is 10.0. The topological polar surface area (TPSA) is 98.3 Å². The number of nitrogens with one attached hydrogen (secondary N) is 1. The molecule has 21 heavy (non-hydrogen) atoms. The molecule has 0 aliphatic heterocycles. The highest BCUT2D eigenvalue weighted by molar-refractivity contribution is 5.85. The Balaban J connectivity index is 0.00000220. The van der Waals surface area contributed by atoms with E-state index in [4.69, 9.17) is 5.73 Å². The fourth-order valence-corrected chi connectivity index (χ4v) is 2.78. The zero-order valence-corrected chi connectivity index (χ0v) is 12.5. The first kappa shape index (κ1) is 17.4. The molecule has 0 spiro atoms. The van der Waals surface area contributed by atoms with Crippen molar-refractivity contribution in [2.75, 3.05) is 6.54 Å². The minimum atomic E-state index is -0.457. The van der Waals surface area contributed by atoms with Crippen molar-refractivity contribution in [2.24, 2.45) is 11.7 Å². The Morgan fingerprint density at radius 3 is 2.76 bits per heavy atom. The van der Waals surface area contributed by atoms with Gasteiger partial charge in [-0.1, -0.05) is 24.6 Å². The summed E-state index contributed by atoms with van der Waals surface area (Å²) in [6.07, 6.45) is 3.07. The average molecular weight is 314 g/mol. The molecule has 2 unspecified atom stereocenters. The van der Waals surface area contributed by atoms with Gasteiger partial charge in [-0.2, -0.15) is 0 Å². The second-order valence-electron chi connectivity index (χ2n) is 5.16. The number of nitro groups is 1. The summed E-state index contributed by atoms with van der Waals surface area (Å²) in [6, 6.07) is 6.44. The maximum atomic E-state index is 12.0. The molecule has 0 saturated heterocycles. The summed E-state index contributed by atoms with van der Waals surface area (Å²) in [5.41, 5.74) is 6.11. The Morgan fingerprint density at radius 1 is 1.38 bits per heavy atom. The molecule has 1 saturated carbocycles.